The molecular weight excluding hydrogens is 286 g/mol. The van der Waals surface area contributed by atoms with Crippen LogP contribution in [-0.4, -0.2) is 20.6 Å². The zero-order chi connectivity index (χ0) is 15.4. The summed E-state index contributed by atoms with van der Waals surface area (Å²) in [5, 5.41) is 0. The van der Waals surface area contributed by atoms with E-state index in [9.17, 15) is 13.2 Å². The molecule has 7 unspecified atom stereocenters. The third kappa shape index (κ3) is 2.51. The Kier molecular flexibility index (Phi) is 3.83. The fraction of sp³-hybridized carbons (Fsp3) is 0.938. The van der Waals surface area contributed by atoms with Gasteiger partial charge in [-0.15, -0.1) is 0 Å². The Morgan fingerprint density at radius 2 is 1.67 bits per heavy atom. The Morgan fingerprint density at radius 3 is 2.24 bits per heavy atom. The first-order valence-corrected chi connectivity index (χ1v) is 10.3. The highest BCUT2D eigenvalue weighted by atomic mass is 32.2. The van der Waals surface area contributed by atoms with Gasteiger partial charge in [0.1, 0.15) is 0 Å². The lowest BCUT2D eigenvalue weighted by molar-refractivity contribution is -0.126. The fourth-order valence-corrected chi connectivity index (χ4v) is 6.47. The van der Waals surface area contributed by atoms with Crippen LogP contribution in [0.5, 0.6) is 0 Å². The summed E-state index contributed by atoms with van der Waals surface area (Å²) in [6, 6.07) is 0. The highest BCUT2D eigenvalue weighted by Gasteiger charge is 2.60. The van der Waals surface area contributed by atoms with Gasteiger partial charge in [0.25, 0.3) is 0 Å². The van der Waals surface area contributed by atoms with E-state index in [-0.39, 0.29) is 11.8 Å². The Bertz CT molecular complexity index is 530. The smallest absolute Gasteiger partial charge is 0.236 e. The Balaban J connectivity index is 1.79. The second-order valence-electron chi connectivity index (χ2n) is 7.47. The second kappa shape index (κ2) is 5.25. The Morgan fingerprint density at radius 1 is 1.05 bits per heavy atom. The maximum absolute atomic E-state index is 12.3. The van der Waals surface area contributed by atoms with Crippen LogP contribution in [0.1, 0.15) is 46.0 Å². The number of hydrogen-bond donors (Lipinski definition) is 1. The summed E-state index contributed by atoms with van der Waals surface area (Å²) < 4.78 is 24.9. The number of sulfonamides is 1. The lowest BCUT2D eigenvalue weighted by Gasteiger charge is -2.35. The van der Waals surface area contributed by atoms with E-state index in [0.717, 1.165) is 36.9 Å². The van der Waals surface area contributed by atoms with Gasteiger partial charge in [0.15, 0.2) is 0 Å². The molecule has 120 valence electrons. The average molecular weight is 313 g/mol. The van der Waals surface area contributed by atoms with Crippen molar-refractivity contribution >= 4 is 15.9 Å². The van der Waals surface area contributed by atoms with Gasteiger partial charge in [0.2, 0.25) is 15.9 Å². The van der Waals surface area contributed by atoms with Gasteiger partial charge in [-0.05, 0) is 54.8 Å². The maximum atomic E-state index is 12.3. The van der Waals surface area contributed by atoms with E-state index >= 15 is 0 Å². The molecule has 0 radical (unpaired) electrons. The van der Waals surface area contributed by atoms with Crippen molar-refractivity contribution in [1.82, 2.24) is 4.72 Å². The summed E-state index contributed by atoms with van der Waals surface area (Å²) >= 11 is 0. The second-order valence-corrected chi connectivity index (χ2v) is 9.22. The minimum Gasteiger partial charge on any atom is -0.274 e. The molecule has 1 N–H and O–H groups in total. The van der Waals surface area contributed by atoms with E-state index in [4.69, 9.17) is 0 Å². The molecule has 3 aliphatic rings. The number of rotatable bonds is 4. The molecule has 0 aliphatic heterocycles. The van der Waals surface area contributed by atoms with Crippen LogP contribution in [-0.2, 0) is 14.8 Å². The van der Waals surface area contributed by atoms with Crippen LogP contribution in [0.2, 0.25) is 0 Å². The molecule has 3 saturated carbocycles. The maximum Gasteiger partial charge on any atom is 0.236 e. The van der Waals surface area contributed by atoms with Gasteiger partial charge in [-0.25, -0.2) is 8.42 Å². The molecule has 5 heteroatoms. The molecule has 3 aliphatic carbocycles. The molecule has 0 aromatic carbocycles. The lowest BCUT2D eigenvalue weighted by atomic mass is 9.70. The van der Waals surface area contributed by atoms with Gasteiger partial charge in [0, 0.05) is 5.92 Å². The van der Waals surface area contributed by atoms with Crippen LogP contribution in [0, 0.1) is 41.4 Å². The fourth-order valence-electron chi connectivity index (χ4n) is 5.95. The molecule has 3 rings (SSSR count). The standard InChI is InChI=1S/C16H27NO3S/c1-4-9-6-10(5-2)15-12-7-11(14(9)15)8-13(12)16(18)17-21(3,19)20/h9-15H,4-8H2,1-3H3,(H,17,18). The third-order valence-electron chi connectivity index (χ3n) is 6.50. The molecule has 1 amide bonds. The Labute approximate surface area is 128 Å². The number of carbonyl (C=O) groups excluding carboxylic acids is 1. The summed E-state index contributed by atoms with van der Waals surface area (Å²) in [5.41, 5.74) is 0. The van der Waals surface area contributed by atoms with E-state index in [2.05, 4.69) is 18.6 Å². The molecule has 0 spiro atoms. The Hall–Kier alpha value is -0.580. The predicted molar refractivity (Wildman–Crippen MR) is 81.8 cm³/mol. The monoisotopic (exact) mass is 313 g/mol. The van der Waals surface area contributed by atoms with Crippen LogP contribution in [0.4, 0.5) is 0 Å². The van der Waals surface area contributed by atoms with Crippen LogP contribution in [0.3, 0.4) is 0 Å². The summed E-state index contributed by atoms with van der Waals surface area (Å²) in [6.45, 7) is 4.55. The minimum absolute atomic E-state index is 0.0735. The van der Waals surface area contributed by atoms with Gasteiger partial charge in [-0.3, -0.25) is 9.52 Å². The highest BCUT2D eigenvalue weighted by Crippen LogP contribution is 2.65. The van der Waals surface area contributed by atoms with Crippen molar-refractivity contribution < 1.29 is 13.2 Å². The van der Waals surface area contributed by atoms with E-state index in [0.29, 0.717) is 17.8 Å². The number of fused-ring (bicyclic) bond motifs is 5. The zero-order valence-corrected chi connectivity index (χ0v) is 14.0. The van der Waals surface area contributed by atoms with Gasteiger partial charge >= 0.3 is 0 Å². The largest absolute Gasteiger partial charge is 0.274 e. The van der Waals surface area contributed by atoms with Crippen molar-refractivity contribution in [2.24, 2.45) is 41.4 Å². The topological polar surface area (TPSA) is 63.2 Å². The zero-order valence-electron chi connectivity index (χ0n) is 13.2. The van der Waals surface area contributed by atoms with Crippen LogP contribution < -0.4 is 4.72 Å². The number of amides is 1. The van der Waals surface area contributed by atoms with E-state index < -0.39 is 10.0 Å². The average Bonchev–Trinajstić information content (AvgIpc) is 3.06. The third-order valence-corrected chi connectivity index (χ3v) is 7.07. The molecule has 0 heterocycles. The van der Waals surface area contributed by atoms with Crippen molar-refractivity contribution in [3.63, 3.8) is 0 Å². The number of hydrogen-bond acceptors (Lipinski definition) is 3. The highest BCUT2D eigenvalue weighted by molar-refractivity contribution is 7.89. The first kappa shape index (κ1) is 15.3. The molecule has 7 atom stereocenters. The van der Waals surface area contributed by atoms with Crippen LogP contribution >= 0.6 is 0 Å². The van der Waals surface area contributed by atoms with Crippen molar-refractivity contribution in [3.8, 4) is 0 Å². The van der Waals surface area contributed by atoms with E-state index in [1.54, 1.807) is 0 Å². The van der Waals surface area contributed by atoms with Crippen molar-refractivity contribution in [3.05, 3.63) is 0 Å². The SMILES string of the molecule is CCC1CC(CC)C2C3CC(CC3C(=O)NS(C)(=O)=O)C12. The molecular formula is C16H27NO3S. The van der Waals surface area contributed by atoms with Crippen LogP contribution in [0.25, 0.3) is 0 Å². The van der Waals surface area contributed by atoms with Gasteiger partial charge in [-0.1, -0.05) is 26.7 Å². The van der Waals surface area contributed by atoms with Gasteiger partial charge in [-0.2, -0.15) is 0 Å². The van der Waals surface area contributed by atoms with E-state index in [1.807, 2.05) is 0 Å². The molecule has 3 fully saturated rings. The van der Waals surface area contributed by atoms with Gasteiger partial charge in [0.05, 0.1) is 6.26 Å². The predicted octanol–water partition coefficient (Wildman–Crippen LogP) is 2.41. The first-order valence-electron chi connectivity index (χ1n) is 8.37. The molecule has 0 aromatic heterocycles. The molecule has 0 saturated heterocycles. The molecule has 21 heavy (non-hydrogen) atoms. The van der Waals surface area contributed by atoms with Gasteiger partial charge < -0.3 is 0 Å². The lowest BCUT2D eigenvalue weighted by Crippen LogP contribution is -2.41. The van der Waals surface area contributed by atoms with E-state index in [1.165, 1.54) is 19.3 Å². The minimum atomic E-state index is -3.43. The summed E-state index contributed by atoms with van der Waals surface area (Å²) in [6.07, 6.45) is 6.88. The molecule has 4 nitrogen and oxygen atoms in total. The first-order chi connectivity index (χ1) is 9.85. The number of nitrogens with one attached hydrogen (secondary N) is 1. The van der Waals surface area contributed by atoms with Crippen molar-refractivity contribution in [1.29, 1.82) is 0 Å². The molecule has 2 bridgehead atoms. The number of carbonyl (C=O) groups is 1. The quantitative estimate of drug-likeness (QED) is 0.867. The summed E-state index contributed by atoms with van der Waals surface area (Å²) in [7, 11) is -3.43. The normalized spacial score (nSPS) is 44.8. The molecule has 0 aromatic rings. The van der Waals surface area contributed by atoms with Crippen LogP contribution in [0.15, 0.2) is 0 Å². The van der Waals surface area contributed by atoms with Crippen molar-refractivity contribution in [2.75, 3.05) is 6.26 Å². The summed E-state index contributed by atoms with van der Waals surface area (Å²) in [5.74, 6) is 3.77. The summed E-state index contributed by atoms with van der Waals surface area (Å²) in [4.78, 5) is 12.3. The van der Waals surface area contributed by atoms with Crippen molar-refractivity contribution in [2.45, 2.75) is 46.0 Å².